The van der Waals surface area contributed by atoms with Gasteiger partial charge in [-0.2, -0.15) is 4.31 Å². The van der Waals surface area contributed by atoms with E-state index in [2.05, 4.69) is 5.32 Å². The van der Waals surface area contributed by atoms with Crippen LogP contribution in [0.1, 0.15) is 26.2 Å². The molecule has 6 heteroatoms. The van der Waals surface area contributed by atoms with Crippen molar-refractivity contribution in [2.45, 2.75) is 31.1 Å². The third-order valence-electron chi connectivity index (χ3n) is 3.86. The summed E-state index contributed by atoms with van der Waals surface area (Å²) >= 11 is 0. The number of hydrogen-bond acceptors (Lipinski definition) is 3. The highest BCUT2D eigenvalue weighted by Crippen LogP contribution is 2.23. The summed E-state index contributed by atoms with van der Waals surface area (Å²) in [7, 11) is -3.38. The lowest BCUT2D eigenvalue weighted by molar-refractivity contribution is -0.121. The van der Waals surface area contributed by atoms with Crippen molar-refractivity contribution in [3.05, 3.63) is 30.3 Å². The fraction of sp³-hybridized carbons (Fsp3) is 0.533. The zero-order valence-corrected chi connectivity index (χ0v) is 13.1. The van der Waals surface area contributed by atoms with E-state index in [0.29, 0.717) is 36.9 Å². The van der Waals surface area contributed by atoms with E-state index in [1.54, 1.807) is 28.6 Å². The highest BCUT2D eigenvalue weighted by atomic mass is 32.2. The Bertz CT molecular complexity index is 564. The van der Waals surface area contributed by atoms with Gasteiger partial charge in [0.25, 0.3) is 0 Å². The molecular weight excluding hydrogens is 288 g/mol. The molecule has 0 bridgehead atoms. The Balaban J connectivity index is 1.90. The number of nitrogens with zero attached hydrogens (tertiary/aromatic N) is 1. The smallest absolute Gasteiger partial charge is 0.243 e. The first-order valence-corrected chi connectivity index (χ1v) is 8.80. The molecule has 0 atom stereocenters. The standard InChI is InChI=1S/C15H22N2O3S/c1-2-15(18)16-12-13-8-10-17(11-9-13)21(19,20)14-6-4-3-5-7-14/h3-7,13H,2,8-12H2,1H3,(H,16,18). The Morgan fingerprint density at radius 2 is 1.86 bits per heavy atom. The van der Waals surface area contributed by atoms with Gasteiger partial charge in [0.05, 0.1) is 4.90 Å². The minimum absolute atomic E-state index is 0.0503. The molecule has 1 aliphatic rings. The Labute approximate surface area is 126 Å². The lowest BCUT2D eigenvalue weighted by Gasteiger charge is -2.31. The van der Waals surface area contributed by atoms with Crippen LogP contribution in [0.15, 0.2) is 35.2 Å². The summed E-state index contributed by atoms with van der Waals surface area (Å²) < 4.78 is 26.5. The van der Waals surface area contributed by atoms with Gasteiger partial charge < -0.3 is 5.32 Å². The fourth-order valence-electron chi connectivity index (χ4n) is 2.48. The van der Waals surface area contributed by atoms with Crippen LogP contribution in [0.25, 0.3) is 0 Å². The number of piperidine rings is 1. The third-order valence-corrected chi connectivity index (χ3v) is 5.78. The first-order valence-electron chi connectivity index (χ1n) is 7.36. The van der Waals surface area contributed by atoms with Gasteiger partial charge in [0, 0.05) is 26.1 Å². The molecule has 0 saturated carbocycles. The van der Waals surface area contributed by atoms with Crippen molar-refractivity contribution < 1.29 is 13.2 Å². The molecule has 116 valence electrons. The lowest BCUT2D eigenvalue weighted by atomic mass is 9.98. The SMILES string of the molecule is CCC(=O)NCC1CCN(S(=O)(=O)c2ccccc2)CC1. The van der Waals surface area contributed by atoms with Crippen molar-refractivity contribution >= 4 is 15.9 Å². The average Bonchev–Trinajstić information content (AvgIpc) is 2.53. The maximum absolute atomic E-state index is 12.5. The molecule has 0 radical (unpaired) electrons. The van der Waals surface area contributed by atoms with Gasteiger partial charge in [0.2, 0.25) is 15.9 Å². The topological polar surface area (TPSA) is 66.5 Å². The van der Waals surface area contributed by atoms with E-state index in [4.69, 9.17) is 0 Å². The van der Waals surface area contributed by atoms with E-state index in [0.717, 1.165) is 12.8 Å². The largest absolute Gasteiger partial charge is 0.356 e. The minimum Gasteiger partial charge on any atom is -0.356 e. The van der Waals surface area contributed by atoms with Gasteiger partial charge in [-0.1, -0.05) is 25.1 Å². The minimum atomic E-state index is -3.38. The van der Waals surface area contributed by atoms with Crippen LogP contribution in [0.4, 0.5) is 0 Å². The molecular formula is C15H22N2O3S. The molecule has 0 aliphatic carbocycles. The van der Waals surface area contributed by atoms with Crippen LogP contribution in [0, 0.1) is 5.92 Å². The summed E-state index contributed by atoms with van der Waals surface area (Å²) in [5, 5.41) is 2.88. The molecule has 1 fully saturated rings. The van der Waals surface area contributed by atoms with Crippen LogP contribution in [-0.2, 0) is 14.8 Å². The van der Waals surface area contributed by atoms with Gasteiger partial charge in [0.15, 0.2) is 0 Å². The molecule has 0 aromatic heterocycles. The maximum atomic E-state index is 12.5. The quantitative estimate of drug-likeness (QED) is 0.898. The summed E-state index contributed by atoms with van der Waals surface area (Å²) in [5.41, 5.74) is 0. The Hall–Kier alpha value is -1.40. The molecule has 0 unspecified atom stereocenters. The highest BCUT2D eigenvalue weighted by Gasteiger charge is 2.29. The van der Waals surface area contributed by atoms with Crippen molar-refractivity contribution in [2.75, 3.05) is 19.6 Å². The average molecular weight is 310 g/mol. The summed E-state index contributed by atoms with van der Waals surface area (Å²) in [6, 6.07) is 8.53. The number of hydrogen-bond donors (Lipinski definition) is 1. The molecule has 0 spiro atoms. The second-order valence-corrected chi connectivity index (χ2v) is 7.26. The second kappa shape index (κ2) is 7.04. The number of carbonyl (C=O) groups excluding carboxylic acids is 1. The zero-order valence-electron chi connectivity index (χ0n) is 12.3. The Morgan fingerprint density at radius 1 is 1.24 bits per heavy atom. The van der Waals surface area contributed by atoms with E-state index < -0.39 is 10.0 Å². The number of benzene rings is 1. The highest BCUT2D eigenvalue weighted by molar-refractivity contribution is 7.89. The molecule has 1 amide bonds. The van der Waals surface area contributed by atoms with E-state index in [-0.39, 0.29) is 5.91 Å². The Morgan fingerprint density at radius 3 is 2.43 bits per heavy atom. The van der Waals surface area contributed by atoms with Crippen molar-refractivity contribution in [3.63, 3.8) is 0 Å². The van der Waals surface area contributed by atoms with Gasteiger partial charge in [0.1, 0.15) is 0 Å². The Kier molecular flexibility index (Phi) is 5.36. The summed E-state index contributed by atoms with van der Waals surface area (Å²) in [4.78, 5) is 11.6. The molecule has 1 aromatic rings. The van der Waals surface area contributed by atoms with Crippen LogP contribution in [0.5, 0.6) is 0 Å². The van der Waals surface area contributed by atoms with Crippen LogP contribution in [0.3, 0.4) is 0 Å². The van der Waals surface area contributed by atoms with Crippen LogP contribution < -0.4 is 5.32 Å². The van der Waals surface area contributed by atoms with Gasteiger partial charge in [-0.25, -0.2) is 8.42 Å². The number of nitrogens with one attached hydrogen (secondary N) is 1. The van der Waals surface area contributed by atoms with Crippen molar-refractivity contribution in [1.82, 2.24) is 9.62 Å². The molecule has 1 heterocycles. The van der Waals surface area contributed by atoms with Crippen LogP contribution in [-0.4, -0.2) is 38.3 Å². The van der Waals surface area contributed by atoms with E-state index in [9.17, 15) is 13.2 Å². The predicted molar refractivity (Wildman–Crippen MR) is 81.2 cm³/mol. The fourth-order valence-corrected chi connectivity index (χ4v) is 3.97. The van der Waals surface area contributed by atoms with Crippen molar-refractivity contribution in [2.24, 2.45) is 5.92 Å². The number of sulfonamides is 1. The zero-order chi connectivity index (χ0) is 15.3. The predicted octanol–water partition coefficient (Wildman–Crippen LogP) is 1.61. The molecule has 2 rings (SSSR count). The summed E-state index contributed by atoms with van der Waals surface area (Å²) in [6.45, 7) is 3.50. The molecule has 1 N–H and O–H groups in total. The number of carbonyl (C=O) groups is 1. The molecule has 1 aromatic carbocycles. The number of rotatable bonds is 5. The van der Waals surface area contributed by atoms with Gasteiger partial charge in [-0.3, -0.25) is 4.79 Å². The maximum Gasteiger partial charge on any atom is 0.243 e. The van der Waals surface area contributed by atoms with E-state index in [1.165, 1.54) is 0 Å². The first kappa shape index (κ1) is 16.0. The summed E-state index contributed by atoms with van der Waals surface area (Å²) in [6.07, 6.45) is 2.06. The number of amides is 1. The normalized spacial score (nSPS) is 17.6. The van der Waals surface area contributed by atoms with E-state index >= 15 is 0 Å². The van der Waals surface area contributed by atoms with Gasteiger partial charge in [-0.15, -0.1) is 0 Å². The van der Waals surface area contributed by atoms with E-state index in [1.807, 2.05) is 13.0 Å². The first-order chi connectivity index (χ1) is 10.0. The van der Waals surface area contributed by atoms with Gasteiger partial charge in [-0.05, 0) is 30.9 Å². The summed E-state index contributed by atoms with van der Waals surface area (Å²) in [5.74, 6) is 0.414. The third kappa shape index (κ3) is 4.04. The van der Waals surface area contributed by atoms with Gasteiger partial charge >= 0.3 is 0 Å². The second-order valence-electron chi connectivity index (χ2n) is 5.32. The van der Waals surface area contributed by atoms with Crippen molar-refractivity contribution in [1.29, 1.82) is 0 Å². The van der Waals surface area contributed by atoms with Crippen LogP contribution >= 0.6 is 0 Å². The monoisotopic (exact) mass is 310 g/mol. The van der Waals surface area contributed by atoms with Crippen LogP contribution in [0.2, 0.25) is 0 Å². The lowest BCUT2D eigenvalue weighted by Crippen LogP contribution is -2.41. The van der Waals surface area contributed by atoms with Crippen molar-refractivity contribution in [3.8, 4) is 0 Å². The molecule has 21 heavy (non-hydrogen) atoms. The molecule has 1 aliphatic heterocycles. The molecule has 5 nitrogen and oxygen atoms in total. The molecule has 1 saturated heterocycles.